The fourth-order valence-corrected chi connectivity index (χ4v) is 2.34. The zero-order chi connectivity index (χ0) is 12.0. The van der Waals surface area contributed by atoms with Crippen LogP contribution in [0.1, 0.15) is 52.4 Å². The third-order valence-electron chi connectivity index (χ3n) is 3.96. The van der Waals surface area contributed by atoms with Crippen molar-refractivity contribution < 1.29 is 9.84 Å². The summed E-state index contributed by atoms with van der Waals surface area (Å²) in [6, 6.07) is 0.465. The highest BCUT2D eigenvalue weighted by molar-refractivity contribution is 4.82. The van der Waals surface area contributed by atoms with Crippen LogP contribution < -0.4 is 5.32 Å². The topological polar surface area (TPSA) is 41.5 Å². The number of hydrogen-bond acceptors (Lipinski definition) is 3. The predicted octanol–water partition coefficient (Wildman–Crippen LogP) is 2.08. The summed E-state index contributed by atoms with van der Waals surface area (Å²) < 4.78 is 5.92. The highest BCUT2D eigenvalue weighted by Crippen LogP contribution is 2.23. The molecule has 0 amide bonds. The lowest BCUT2D eigenvalue weighted by Crippen LogP contribution is -2.44. The molecule has 0 aliphatic heterocycles. The van der Waals surface area contributed by atoms with E-state index in [-0.39, 0.29) is 6.10 Å². The Balaban J connectivity index is 2.40. The van der Waals surface area contributed by atoms with Crippen molar-refractivity contribution in [2.24, 2.45) is 0 Å². The monoisotopic (exact) mass is 229 g/mol. The molecule has 0 spiro atoms. The minimum absolute atomic E-state index is 0.281. The van der Waals surface area contributed by atoms with Crippen molar-refractivity contribution in [1.82, 2.24) is 5.32 Å². The van der Waals surface area contributed by atoms with Crippen LogP contribution in [-0.4, -0.2) is 36.5 Å². The lowest BCUT2D eigenvalue weighted by molar-refractivity contribution is -0.0915. The van der Waals surface area contributed by atoms with E-state index < -0.39 is 5.60 Å². The van der Waals surface area contributed by atoms with E-state index >= 15 is 0 Å². The maximum Gasteiger partial charge on any atom is 0.0875 e. The zero-order valence-corrected chi connectivity index (χ0v) is 11.0. The van der Waals surface area contributed by atoms with Crippen molar-refractivity contribution in [2.75, 3.05) is 13.7 Å². The van der Waals surface area contributed by atoms with E-state index in [2.05, 4.69) is 5.32 Å². The van der Waals surface area contributed by atoms with Gasteiger partial charge < -0.3 is 15.2 Å². The fourth-order valence-electron chi connectivity index (χ4n) is 2.34. The van der Waals surface area contributed by atoms with Crippen LogP contribution in [0.15, 0.2) is 0 Å². The van der Waals surface area contributed by atoms with Gasteiger partial charge in [-0.1, -0.05) is 26.7 Å². The van der Waals surface area contributed by atoms with Crippen LogP contribution in [0, 0.1) is 0 Å². The molecule has 2 atom stereocenters. The highest BCUT2D eigenvalue weighted by atomic mass is 16.5. The largest absolute Gasteiger partial charge is 0.388 e. The van der Waals surface area contributed by atoms with Gasteiger partial charge in [-0.15, -0.1) is 0 Å². The number of nitrogens with one attached hydrogen (secondary N) is 1. The molecule has 0 bridgehead atoms. The highest BCUT2D eigenvalue weighted by Gasteiger charge is 2.29. The first-order chi connectivity index (χ1) is 7.65. The van der Waals surface area contributed by atoms with Gasteiger partial charge in [-0.2, -0.15) is 0 Å². The third kappa shape index (κ3) is 3.72. The second kappa shape index (κ2) is 6.58. The zero-order valence-electron chi connectivity index (χ0n) is 11.0. The maximum absolute atomic E-state index is 10.2. The molecule has 1 saturated carbocycles. The van der Waals surface area contributed by atoms with Crippen molar-refractivity contribution in [1.29, 1.82) is 0 Å². The number of aliphatic hydroxyl groups is 1. The van der Waals surface area contributed by atoms with Crippen molar-refractivity contribution >= 4 is 0 Å². The molecule has 0 aromatic carbocycles. The standard InChI is InChI=1S/C13H27NO2/c1-4-13(15,5-2)10-16-12-9-7-6-8-11(12)14-3/h11-12,14-15H,4-10H2,1-3H3. The predicted molar refractivity (Wildman–Crippen MR) is 66.6 cm³/mol. The van der Waals surface area contributed by atoms with Crippen LogP contribution in [0.2, 0.25) is 0 Å². The molecule has 16 heavy (non-hydrogen) atoms. The summed E-state index contributed by atoms with van der Waals surface area (Å²) in [4.78, 5) is 0. The van der Waals surface area contributed by atoms with Gasteiger partial charge in [0.05, 0.1) is 18.3 Å². The number of likely N-dealkylation sites (N-methyl/N-ethyl adjacent to an activating group) is 1. The van der Waals surface area contributed by atoms with E-state index in [9.17, 15) is 5.11 Å². The first-order valence-electron chi connectivity index (χ1n) is 6.66. The van der Waals surface area contributed by atoms with Crippen molar-refractivity contribution in [3.63, 3.8) is 0 Å². The molecule has 3 heteroatoms. The molecule has 1 rings (SSSR count). The van der Waals surface area contributed by atoms with E-state index in [0.29, 0.717) is 12.6 Å². The van der Waals surface area contributed by atoms with Crippen LogP contribution in [0.5, 0.6) is 0 Å². The van der Waals surface area contributed by atoms with Gasteiger partial charge >= 0.3 is 0 Å². The van der Waals surface area contributed by atoms with Gasteiger partial charge in [-0.3, -0.25) is 0 Å². The minimum Gasteiger partial charge on any atom is -0.388 e. The molecule has 1 aliphatic rings. The molecule has 3 nitrogen and oxygen atoms in total. The van der Waals surface area contributed by atoms with Gasteiger partial charge in [0.2, 0.25) is 0 Å². The normalized spacial score (nSPS) is 27.0. The van der Waals surface area contributed by atoms with E-state index in [0.717, 1.165) is 19.3 Å². The van der Waals surface area contributed by atoms with Crippen molar-refractivity contribution in [3.05, 3.63) is 0 Å². The molecule has 1 fully saturated rings. The Labute approximate surface area is 99.6 Å². The van der Waals surface area contributed by atoms with Crippen LogP contribution in [0.3, 0.4) is 0 Å². The Hall–Kier alpha value is -0.120. The molecule has 2 unspecified atom stereocenters. The van der Waals surface area contributed by atoms with E-state index in [1.165, 1.54) is 19.3 Å². The molecule has 0 radical (unpaired) electrons. The van der Waals surface area contributed by atoms with Gasteiger partial charge in [0.25, 0.3) is 0 Å². The first-order valence-corrected chi connectivity index (χ1v) is 6.66. The van der Waals surface area contributed by atoms with Gasteiger partial charge in [0, 0.05) is 6.04 Å². The van der Waals surface area contributed by atoms with Crippen LogP contribution in [0.25, 0.3) is 0 Å². The maximum atomic E-state index is 10.2. The molecule has 0 heterocycles. The summed E-state index contributed by atoms with van der Waals surface area (Å²) in [5.74, 6) is 0. The van der Waals surface area contributed by atoms with Crippen LogP contribution in [-0.2, 0) is 4.74 Å². The van der Waals surface area contributed by atoms with E-state index in [1.54, 1.807) is 0 Å². The van der Waals surface area contributed by atoms with Gasteiger partial charge in [-0.25, -0.2) is 0 Å². The van der Waals surface area contributed by atoms with Gasteiger partial charge in [-0.05, 0) is 32.7 Å². The fraction of sp³-hybridized carbons (Fsp3) is 1.00. The minimum atomic E-state index is -0.629. The third-order valence-corrected chi connectivity index (χ3v) is 3.96. The molecular weight excluding hydrogens is 202 g/mol. The van der Waals surface area contributed by atoms with E-state index in [1.807, 2.05) is 20.9 Å². The van der Waals surface area contributed by atoms with Gasteiger partial charge in [0.15, 0.2) is 0 Å². The number of ether oxygens (including phenoxy) is 1. The molecule has 2 N–H and O–H groups in total. The average Bonchev–Trinajstić information content (AvgIpc) is 2.36. The number of rotatable bonds is 6. The Morgan fingerprint density at radius 1 is 1.25 bits per heavy atom. The molecule has 0 saturated heterocycles. The first kappa shape index (κ1) is 13.9. The van der Waals surface area contributed by atoms with Crippen LogP contribution in [0.4, 0.5) is 0 Å². The lowest BCUT2D eigenvalue weighted by Gasteiger charge is -2.34. The van der Waals surface area contributed by atoms with Crippen molar-refractivity contribution in [2.45, 2.75) is 70.1 Å². The SMILES string of the molecule is CCC(O)(CC)COC1CCCCC1NC. The summed E-state index contributed by atoms with van der Waals surface area (Å²) in [7, 11) is 2.00. The Kier molecular flexibility index (Phi) is 5.73. The lowest BCUT2D eigenvalue weighted by atomic mass is 9.92. The van der Waals surface area contributed by atoms with Crippen molar-refractivity contribution in [3.8, 4) is 0 Å². The summed E-state index contributed by atoms with van der Waals surface area (Å²) in [6.07, 6.45) is 6.66. The average molecular weight is 229 g/mol. The Bertz CT molecular complexity index is 192. The van der Waals surface area contributed by atoms with Crippen LogP contribution >= 0.6 is 0 Å². The summed E-state index contributed by atoms with van der Waals surface area (Å²) in [5.41, 5.74) is -0.629. The molecule has 1 aliphatic carbocycles. The molecule has 0 aromatic rings. The number of hydrogen-bond donors (Lipinski definition) is 2. The summed E-state index contributed by atoms with van der Waals surface area (Å²) in [5, 5.41) is 13.5. The van der Waals surface area contributed by atoms with Gasteiger partial charge in [0.1, 0.15) is 0 Å². The smallest absolute Gasteiger partial charge is 0.0875 e. The quantitative estimate of drug-likeness (QED) is 0.733. The van der Waals surface area contributed by atoms with E-state index in [4.69, 9.17) is 4.74 Å². The molecular formula is C13H27NO2. The second-order valence-corrected chi connectivity index (χ2v) is 4.96. The summed E-state index contributed by atoms with van der Waals surface area (Å²) >= 11 is 0. The second-order valence-electron chi connectivity index (χ2n) is 4.96. The Morgan fingerprint density at radius 2 is 1.88 bits per heavy atom. The molecule has 96 valence electrons. The Morgan fingerprint density at radius 3 is 2.44 bits per heavy atom. The summed E-state index contributed by atoms with van der Waals surface area (Å²) in [6.45, 7) is 4.51. The molecule has 0 aromatic heterocycles.